The summed E-state index contributed by atoms with van der Waals surface area (Å²) in [5.41, 5.74) is 4.44. The Hall–Kier alpha value is -5.20. The number of halogens is 1. The molecule has 0 aliphatic heterocycles. The van der Waals surface area contributed by atoms with E-state index in [4.69, 9.17) is 16.3 Å². The van der Waals surface area contributed by atoms with Crippen molar-refractivity contribution in [2.24, 2.45) is 5.92 Å². The molecule has 270 valence electrons. The third-order valence-electron chi connectivity index (χ3n) is 8.11. The van der Waals surface area contributed by atoms with Gasteiger partial charge >= 0.3 is 0 Å². The fourth-order valence-corrected chi connectivity index (χ4v) is 5.51. The average Bonchev–Trinajstić information content (AvgIpc) is 3.99. The number of ether oxygens (including phenoxy) is 1. The summed E-state index contributed by atoms with van der Waals surface area (Å²) in [4.78, 5) is 49.5. The number of unbranched alkanes of at least 4 members (excludes halogenated alkanes) is 1. The summed E-state index contributed by atoms with van der Waals surface area (Å²) in [5.74, 6) is -0.270. The van der Waals surface area contributed by atoms with E-state index in [0.717, 1.165) is 30.7 Å². The van der Waals surface area contributed by atoms with Gasteiger partial charge in [0.1, 0.15) is 5.69 Å². The molecule has 0 radical (unpaired) electrons. The summed E-state index contributed by atoms with van der Waals surface area (Å²) in [6, 6.07) is 10.2. The van der Waals surface area contributed by atoms with Crippen LogP contribution in [-0.4, -0.2) is 66.0 Å². The molecule has 0 spiro atoms. The summed E-state index contributed by atoms with van der Waals surface area (Å²) in [6.45, 7) is 4.20. The van der Waals surface area contributed by atoms with Crippen LogP contribution in [0.3, 0.4) is 0 Å². The molecule has 2 aromatic heterocycles. The van der Waals surface area contributed by atoms with Gasteiger partial charge in [-0.3, -0.25) is 34.6 Å². The number of rotatable bonds is 16. The SMILES string of the molecule is CC/C=C(C(=O)NC)/C(=C\C(=C\CCC)NC(=O)C1CC1)Nc1ccc(Cl)c(-c2ccc(C(=O)N(C)Cc3cc(N(C)O)ccn3)nc2)c1OC. The fraction of sp³-hybridized carbons (Fsp3) is 0.342. The van der Waals surface area contributed by atoms with Crippen molar-refractivity contribution in [3.63, 3.8) is 0 Å². The molecular formula is C38H46ClN7O5. The number of carbonyl (C=O) groups is 3. The highest BCUT2D eigenvalue weighted by Crippen LogP contribution is 2.42. The predicted octanol–water partition coefficient (Wildman–Crippen LogP) is 6.49. The van der Waals surface area contributed by atoms with E-state index in [1.165, 1.54) is 19.1 Å². The molecule has 1 aliphatic rings. The van der Waals surface area contributed by atoms with Crippen LogP contribution in [0.5, 0.6) is 5.75 Å². The van der Waals surface area contributed by atoms with Crippen LogP contribution in [0.2, 0.25) is 5.02 Å². The van der Waals surface area contributed by atoms with Crippen molar-refractivity contribution in [2.45, 2.75) is 52.5 Å². The molecule has 12 nitrogen and oxygen atoms in total. The first-order chi connectivity index (χ1) is 24.5. The Morgan fingerprint density at radius 3 is 2.45 bits per heavy atom. The summed E-state index contributed by atoms with van der Waals surface area (Å²) in [5, 5.41) is 20.3. The minimum Gasteiger partial charge on any atom is -0.494 e. The molecule has 4 N–H and O–H groups in total. The third-order valence-corrected chi connectivity index (χ3v) is 8.42. The summed E-state index contributed by atoms with van der Waals surface area (Å²) < 4.78 is 5.91. The Bertz CT molecular complexity index is 1820. The molecule has 3 aromatic rings. The van der Waals surface area contributed by atoms with Gasteiger partial charge < -0.3 is 25.6 Å². The van der Waals surface area contributed by atoms with Gasteiger partial charge in [0, 0.05) is 56.3 Å². The van der Waals surface area contributed by atoms with Gasteiger partial charge in [0.2, 0.25) is 5.91 Å². The van der Waals surface area contributed by atoms with Crippen LogP contribution in [0.25, 0.3) is 11.1 Å². The topological polar surface area (TPSA) is 149 Å². The van der Waals surface area contributed by atoms with E-state index in [2.05, 4.69) is 32.8 Å². The zero-order chi connectivity index (χ0) is 37.1. The first-order valence-electron chi connectivity index (χ1n) is 16.9. The van der Waals surface area contributed by atoms with E-state index in [1.807, 2.05) is 19.1 Å². The number of anilines is 2. The van der Waals surface area contributed by atoms with Crippen LogP contribution < -0.4 is 25.8 Å². The number of methoxy groups -OCH3 is 1. The van der Waals surface area contributed by atoms with Crippen LogP contribution in [0.4, 0.5) is 11.4 Å². The normalized spacial score (nSPS) is 13.4. The lowest BCUT2D eigenvalue weighted by atomic mass is 10.0. The number of nitrogens with zero attached hydrogens (tertiary/aromatic N) is 4. The monoisotopic (exact) mass is 715 g/mol. The Balaban J connectivity index is 1.68. The number of benzene rings is 1. The van der Waals surface area contributed by atoms with Gasteiger partial charge in [0.25, 0.3) is 11.8 Å². The van der Waals surface area contributed by atoms with Gasteiger partial charge in [-0.2, -0.15) is 0 Å². The number of hydrogen-bond donors (Lipinski definition) is 4. The van der Waals surface area contributed by atoms with Crippen molar-refractivity contribution < 1.29 is 24.3 Å². The zero-order valence-electron chi connectivity index (χ0n) is 29.9. The molecule has 13 heteroatoms. The van der Waals surface area contributed by atoms with E-state index in [1.54, 1.807) is 69.0 Å². The lowest BCUT2D eigenvalue weighted by molar-refractivity contribution is -0.121. The number of nitrogens with one attached hydrogen (secondary N) is 3. The standard InChI is InChI=1S/C38H46ClN7O5/c1-7-9-11-26(43-36(47)24-12-13-24)21-33(29(10-8-2)37(48)40-3)44-31-17-15-30(39)34(35(31)51-6)25-14-16-32(42-22-25)38(49)45(4)23-27-20-28(46(5)50)18-19-41-27/h10-11,14-22,24,44,50H,7-9,12-13,23H2,1-6H3,(H,40,48)(H,43,47)/b26-11-,29-10-,33-21+. The first kappa shape index (κ1) is 38.6. The van der Waals surface area contributed by atoms with Gasteiger partial charge in [-0.25, -0.2) is 0 Å². The van der Waals surface area contributed by atoms with Crippen LogP contribution in [0, 0.1) is 5.92 Å². The zero-order valence-corrected chi connectivity index (χ0v) is 30.7. The summed E-state index contributed by atoms with van der Waals surface area (Å²) in [6.07, 6.45) is 12.6. The fourth-order valence-electron chi connectivity index (χ4n) is 5.25. The second-order valence-corrected chi connectivity index (χ2v) is 12.5. The highest BCUT2D eigenvalue weighted by molar-refractivity contribution is 6.34. The number of aromatic nitrogens is 2. The molecule has 1 aliphatic carbocycles. The molecule has 0 bridgehead atoms. The van der Waals surface area contributed by atoms with E-state index in [-0.39, 0.29) is 35.9 Å². The molecule has 0 saturated heterocycles. The molecule has 1 aromatic carbocycles. The van der Waals surface area contributed by atoms with Crippen molar-refractivity contribution in [2.75, 3.05) is 38.6 Å². The highest BCUT2D eigenvalue weighted by Gasteiger charge is 2.30. The molecule has 1 saturated carbocycles. The average molecular weight is 716 g/mol. The maximum atomic E-state index is 13.3. The number of amides is 3. The Labute approximate surface area is 304 Å². The Morgan fingerprint density at radius 1 is 1.08 bits per heavy atom. The molecule has 3 amide bonds. The quantitative estimate of drug-likeness (QED) is 0.0742. The van der Waals surface area contributed by atoms with Crippen LogP contribution in [-0.2, 0) is 16.1 Å². The maximum absolute atomic E-state index is 13.3. The predicted molar refractivity (Wildman–Crippen MR) is 199 cm³/mol. The highest BCUT2D eigenvalue weighted by atomic mass is 35.5. The number of hydrogen-bond acceptors (Lipinski definition) is 9. The van der Waals surface area contributed by atoms with Gasteiger partial charge in [-0.05, 0) is 62.1 Å². The minimum absolute atomic E-state index is 0.00211. The number of allylic oxidation sites excluding steroid dienone is 3. The molecule has 0 atom stereocenters. The third kappa shape index (κ3) is 10.2. The largest absolute Gasteiger partial charge is 0.494 e. The lowest BCUT2D eigenvalue weighted by Crippen LogP contribution is -2.27. The lowest BCUT2D eigenvalue weighted by Gasteiger charge is -2.20. The number of hydroxylamine groups is 1. The van der Waals surface area contributed by atoms with Crippen LogP contribution in [0.15, 0.2) is 84.0 Å². The maximum Gasteiger partial charge on any atom is 0.272 e. The molecule has 51 heavy (non-hydrogen) atoms. The molecule has 4 rings (SSSR count). The molecule has 1 fully saturated rings. The van der Waals surface area contributed by atoms with E-state index >= 15 is 0 Å². The Kier molecular flexibility index (Phi) is 13.7. The number of likely N-dealkylation sites (N-methyl/N-ethyl adjacent to an activating group) is 1. The van der Waals surface area contributed by atoms with E-state index in [9.17, 15) is 19.6 Å². The summed E-state index contributed by atoms with van der Waals surface area (Å²) >= 11 is 6.76. The van der Waals surface area contributed by atoms with Crippen molar-refractivity contribution in [3.05, 3.63) is 100 Å². The Morgan fingerprint density at radius 2 is 1.84 bits per heavy atom. The van der Waals surface area contributed by atoms with E-state index in [0.29, 0.717) is 62.4 Å². The second-order valence-electron chi connectivity index (χ2n) is 12.1. The van der Waals surface area contributed by atoms with Crippen molar-refractivity contribution >= 4 is 40.7 Å². The second kappa shape index (κ2) is 18.2. The molecular weight excluding hydrogens is 670 g/mol. The summed E-state index contributed by atoms with van der Waals surface area (Å²) in [7, 11) is 6.24. The number of pyridine rings is 2. The van der Waals surface area contributed by atoms with Gasteiger partial charge in [-0.1, -0.05) is 50.1 Å². The minimum atomic E-state index is -0.320. The molecule has 2 heterocycles. The van der Waals surface area contributed by atoms with Crippen LogP contribution >= 0.6 is 11.6 Å². The van der Waals surface area contributed by atoms with Crippen LogP contribution in [0.1, 0.15) is 62.1 Å². The van der Waals surface area contributed by atoms with Gasteiger partial charge in [0.05, 0.1) is 47.0 Å². The van der Waals surface area contributed by atoms with Gasteiger partial charge in [-0.15, -0.1) is 0 Å². The van der Waals surface area contributed by atoms with Crippen molar-refractivity contribution in [1.82, 2.24) is 25.5 Å². The smallest absolute Gasteiger partial charge is 0.272 e. The number of carbonyl (C=O) groups excluding carboxylic acids is 3. The van der Waals surface area contributed by atoms with Gasteiger partial charge in [0.15, 0.2) is 5.75 Å². The van der Waals surface area contributed by atoms with Crippen molar-refractivity contribution in [3.8, 4) is 16.9 Å². The molecule has 0 unspecified atom stereocenters. The van der Waals surface area contributed by atoms with Crippen molar-refractivity contribution in [1.29, 1.82) is 0 Å². The first-order valence-corrected chi connectivity index (χ1v) is 17.3. The van der Waals surface area contributed by atoms with E-state index < -0.39 is 0 Å².